The third kappa shape index (κ3) is 7.23. The van der Waals surface area contributed by atoms with E-state index in [1.807, 2.05) is 7.05 Å². The monoisotopic (exact) mass is 487 g/mol. The molecule has 2 aliphatic rings. The molecule has 1 aromatic carbocycles. The first-order chi connectivity index (χ1) is 12.8. The molecule has 0 radical (unpaired) electrons. The molecule has 1 aromatic rings. The van der Waals surface area contributed by atoms with Crippen molar-refractivity contribution >= 4 is 29.9 Å². The summed E-state index contributed by atoms with van der Waals surface area (Å²) in [6, 6.07) is 10.8. The van der Waals surface area contributed by atoms with E-state index in [1.165, 1.54) is 18.4 Å². The van der Waals surface area contributed by atoms with Gasteiger partial charge in [0.15, 0.2) is 5.96 Å². The number of aliphatic imine (C=N–C) groups is 1. The minimum Gasteiger partial charge on any atom is -0.381 e. The van der Waals surface area contributed by atoms with Crippen LogP contribution in [-0.4, -0.2) is 52.5 Å². The number of ether oxygens (including phenoxy) is 2. The van der Waals surface area contributed by atoms with Crippen LogP contribution in [0, 0.1) is 5.92 Å². The lowest BCUT2D eigenvalue weighted by Gasteiger charge is -2.21. The van der Waals surface area contributed by atoms with Crippen LogP contribution in [0.1, 0.15) is 37.7 Å². The van der Waals surface area contributed by atoms with Crippen LogP contribution in [0.4, 0.5) is 0 Å². The molecule has 0 spiro atoms. The molecule has 2 N–H and O–H groups in total. The Hall–Kier alpha value is -0.860. The molecule has 1 saturated heterocycles. The van der Waals surface area contributed by atoms with Gasteiger partial charge in [-0.05, 0) is 43.6 Å². The Morgan fingerprint density at radius 1 is 1.19 bits per heavy atom. The Morgan fingerprint density at radius 2 is 1.93 bits per heavy atom. The molecule has 3 rings (SSSR count). The summed E-state index contributed by atoms with van der Waals surface area (Å²) in [4.78, 5) is 4.34. The fraction of sp³-hybridized carbons (Fsp3) is 0.667. The molecule has 0 amide bonds. The zero-order valence-electron chi connectivity index (χ0n) is 16.4. The van der Waals surface area contributed by atoms with E-state index in [4.69, 9.17) is 9.47 Å². The predicted octanol–water partition coefficient (Wildman–Crippen LogP) is 3.33. The fourth-order valence-electron chi connectivity index (χ4n) is 3.53. The van der Waals surface area contributed by atoms with Crippen LogP contribution in [-0.2, 0) is 14.9 Å². The average molecular weight is 487 g/mol. The highest BCUT2D eigenvalue weighted by Gasteiger charge is 2.43. The molecule has 1 heterocycles. The molecule has 5 nitrogen and oxygen atoms in total. The van der Waals surface area contributed by atoms with E-state index in [2.05, 4.69) is 46.0 Å². The van der Waals surface area contributed by atoms with Crippen molar-refractivity contribution in [3.63, 3.8) is 0 Å². The van der Waals surface area contributed by atoms with Crippen molar-refractivity contribution in [2.75, 3.05) is 46.6 Å². The van der Waals surface area contributed by atoms with E-state index in [-0.39, 0.29) is 24.0 Å². The van der Waals surface area contributed by atoms with Gasteiger partial charge in [-0.25, -0.2) is 0 Å². The summed E-state index contributed by atoms with van der Waals surface area (Å²) in [7, 11) is 1.83. The number of guanidine groups is 1. The maximum Gasteiger partial charge on any atom is 0.191 e. The Kier molecular flexibility index (Phi) is 9.86. The van der Waals surface area contributed by atoms with Gasteiger partial charge in [-0.3, -0.25) is 4.99 Å². The predicted molar refractivity (Wildman–Crippen MR) is 121 cm³/mol. The lowest BCUT2D eigenvalue weighted by molar-refractivity contribution is 0.0203. The van der Waals surface area contributed by atoms with Gasteiger partial charge in [0.1, 0.15) is 0 Å². The number of nitrogens with zero attached hydrogens (tertiary/aromatic N) is 1. The standard InChI is InChI=1S/C21H33N3O2.HI/c1-22-20(23-12-5-13-26-16-18-8-14-25-15-9-18)24-17-21(10-11-21)19-6-3-2-4-7-19;/h2-4,6-7,18H,5,8-17H2,1H3,(H2,22,23,24);1H. The first-order valence-electron chi connectivity index (χ1n) is 9.98. The van der Waals surface area contributed by atoms with Gasteiger partial charge in [-0.1, -0.05) is 30.3 Å². The number of nitrogens with one attached hydrogen (secondary N) is 2. The largest absolute Gasteiger partial charge is 0.381 e. The van der Waals surface area contributed by atoms with Gasteiger partial charge in [0, 0.05) is 52.0 Å². The molecule has 1 saturated carbocycles. The first-order valence-corrected chi connectivity index (χ1v) is 9.98. The highest BCUT2D eigenvalue weighted by atomic mass is 127. The second kappa shape index (κ2) is 11.9. The van der Waals surface area contributed by atoms with Crippen molar-refractivity contribution in [1.82, 2.24) is 10.6 Å². The fourth-order valence-corrected chi connectivity index (χ4v) is 3.53. The Balaban J connectivity index is 0.00000261. The highest BCUT2D eigenvalue weighted by Crippen LogP contribution is 2.47. The topological polar surface area (TPSA) is 54.9 Å². The van der Waals surface area contributed by atoms with Crippen molar-refractivity contribution in [3.05, 3.63) is 35.9 Å². The minimum absolute atomic E-state index is 0. The lowest BCUT2D eigenvalue weighted by atomic mass is 9.96. The van der Waals surface area contributed by atoms with Crippen LogP contribution in [0.15, 0.2) is 35.3 Å². The molecular weight excluding hydrogens is 453 g/mol. The molecule has 6 heteroatoms. The van der Waals surface area contributed by atoms with Gasteiger partial charge >= 0.3 is 0 Å². The van der Waals surface area contributed by atoms with Crippen molar-refractivity contribution in [2.45, 2.75) is 37.5 Å². The van der Waals surface area contributed by atoms with Crippen LogP contribution in [0.25, 0.3) is 0 Å². The van der Waals surface area contributed by atoms with Crippen LogP contribution in [0.3, 0.4) is 0 Å². The zero-order valence-corrected chi connectivity index (χ0v) is 18.7. The van der Waals surface area contributed by atoms with Gasteiger partial charge in [0.25, 0.3) is 0 Å². The van der Waals surface area contributed by atoms with Gasteiger partial charge in [0.2, 0.25) is 0 Å². The summed E-state index contributed by atoms with van der Waals surface area (Å²) in [6.07, 6.45) is 5.77. The molecule has 1 aliphatic heterocycles. The summed E-state index contributed by atoms with van der Waals surface area (Å²) in [5, 5.41) is 6.90. The Bertz CT molecular complexity index is 558. The van der Waals surface area contributed by atoms with Gasteiger partial charge < -0.3 is 20.1 Å². The van der Waals surface area contributed by atoms with Gasteiger partial charge in [0.05, 0.1) is 0 Å². The molecule has 27 heavy (non-hydrogen) atoms. The number of hydrogen-bond acceptors (Lipinski definition) is 3. The average Bonchev–Trinajstić information content (AvgIpc) is 3.49. The van der Waals surface area contributed by atoms with E-state index < -0.39 is 0 Å². The van der Waals surface area contributed by atoms with Crippen molar-refractivity contribution in [2.24, 2.45) is 10.9 Å². The van der Waals surface area contributed by atoms with E-state index >= 15 is 0 Å². The molecule has 1 aliphatic carbocycles. The van der Waals surface area contributed by atoms with Crippen molar-refractivity contribution < 1.29 is 9.47 Å². The van der Waals surface area contributed by atoms with Crippen LogP contribution >= 0.6 is 24.0 Å². The van der Waals surface area contributed by atoms with Crippen LogP contribution in [0.5, 0.6) is 0 Å². The maximum absolute atomic E-state index is 5.81. The third-order valence-electron chi connectivity index (χ3n) is 5.51. The first kappa shape index (κ1) is 22.4. The molecule has 0 bridgehead atoms. The molecular formula is C21H34IN3O2. The van der Waals surface area contributed by atoms with E-state index in [0.717, 1.165) is 64.7 Å². The number of halogens is 1. The second-order valence-electron chi connectivity index (χ2n) is 7.48. The highest BCUT2D eigenvalue weighted by molar-refractivity contribution is 14.0. The minimum atomic E-state index is 0. The SMILES string of the molecule is CN=C(NCCCOCC1CCOCC1)NCC1(c2ccccc2)CC1.I. The molecule has 0 aromatic heterocycles. The maximum atomic E-state index is 5.81. The van der Waals surface area contributed by atoms with Gasteiger partial charge in [-0.2, -0.15) is 0 Å². The second-order valence-corrected chi connectivity index (χ2v) is 7.48. The van der Waals surface area contributed by atoms with Crippen LogP contribution < -0.4 is 10.6 Å². The summed E-state index contributed by atoms with van der Waals surface area (Å²) in [5.41, 5.74) is 1.73. The number of benzene rings is 1. The Morgan fingerprint density at radius 3 is 2.59 bits per heavy atom. The zero-order chi connectivity index (χ0) is 18.1. The molecule has 152 valence electrons. The smallest absolute Gasteiger partial charge is 0.191 e. The number of hydrogen-bond donors (Lipinski definition) is 2. The van der Waals surface area contributed by atoms with Crippen LogP contribution in [0.2, 0.25) is 0 Å². The van der Waals surface area contributed by atoms with E-state index in [9.17, 15) is 0 Å². The third-order valence-corrected chi connectivity index (χ3v) is 5.51. The molecule has 0 unspecified atom stereocenters. The normalized spacial score (nSPS) is 19.2. The summed E-state index contributed by atoms with van der Waals surface area (Å²) in [6.45, 7) is 5.28. The van der Waals surface area contributed by atoms with E-state index in [0.29, 0.717) is 11.3 Å². The van der Waals surface area contributed by atoms with E-state index in [1.54, 1.807) is 0 Å². The summed E-state index contributed by atoms with van der Waals surface area (Å²) < 4.78 is 11.2. The Labute approximate surface area is 180 Å². The van der Waals surface area contributed by atoms with Crippen molar-refractivity contribution in [1.29, 1.82) is 0 Å². The lowest BCUT2D eigenvalue weighted by Crippen LogP contribution is -2.41. The number of rotatable bonds is 9. The molecule has 0 atom stereocenters. The summed E-state index contributed by atoms with van der Waals surface area (Å²) in [5.74, 6) is 1.57. The molecule has 2 fully saturated rings. The summed E-state index contributed by atoms with van der Waals surface area (Å²) >= 11 is 0. The van der Waals surface area contributed by atoms with Crippen molar-refractivity contribution in [3.8, 4) is 0 Å². The quantitative estimate of drug-likeness (QED) is 0.243. The van der Waals surface area contributed by atoms with Gasteiger partial charge in [-0.15, -0.1) is 24.0 Å².